The van der Waals surface area contributed by atoms with Crippen LogP contribution in [0.4, 0.5) is 0 Å². The highest BCUT2D eigenvalue weighted by molar-refractivity contribution is 5.92. The monoisotopic (exact) mass is 559 g/mol. The highest BCUT2D eigenvalue weighted by Gasteiger charge is 2.66. The van der Waals surface area contributed by atoms with Crippen LogP contribution in [0, 0.1) is 34.5 Å². The van der Waals surface area contributed by atoms with Crippen LogP contribution in [0.2, 0.25) is 0 Å². The molecular weight excluding hydrogens is 514 g/mol. The third kappa shape index (κ3) is 5.50. The first-order chi connectivity index (χ1) is 18.7. The molecule has 9 heteroatoms. The number of amides is 1. The Balaban J connectivity index is 1.33. The van der Waals surface area contributed by atoms with Crippen molar-refractivity contribution in [3.63, 3.8) is 0 Å². The summed E-state index contributed by atoms with van der Waals surface area (Å²) in [5.41, 5.74) is -0.908. The second-order valence-electron chi connectivity index (χ2n) is 13.5. The Hall–Kier alpha value is -2.55. The van der Waals surface area contributed by atoms with Crippen molar-refractivity contribution in [2.45, 2.75) is 110 Å². The van der Waals surface area contributed by atoms with E-state index in [1.54, 1.807) is 0 Å². The number of ether oxygens (including phenoxy) is 1. The summed E-state index contributed by atoms with van der Waals surface area (Å²) in [5, 5.41) is 23.5. The number of carboxylic acids is 1. The molecule has 222 valence electrons. The third-order valence-corrected chi connectivity index (χ3v) is 10.8. The van der Waals surface area contributed by atoms with Gasteiger partial charge >= 0.3 is 11.9 Å². The minimum Gasteiger partial charge on any atom is -0.480 e. The van der Waals surface area contributed by atoms with Gasteiger partial charge in [0.05, 0.1) is 6.42 Å². The first-order valence-corrected chi connectivity index (χ1v) is 14.9. The van der Waals surface area contributed by atoms with E-state index in [2.05, 4.69) is 12.2 Å². The molecule has 3 N–H and O–H groups in total. The Morgan fingerprint density at radius 3 is 2.40 bits per heavy atom. The highest BCUT2D eigenvalue weighted by atomic mass is 16.5. The second kappa shape index (κ2) is 11.4. The third-order valence-electron chi connectivity index (χ3n) is 10.8. The van der Waals surface area contributed by atoms with Crippen LogP contribution in [-0.2, 0) is 28.7 Å². The molecule has 0 aromatic heterocycles. The summed E-state index contributed by atoms with van der Waals surface area (Å²) in [6.45, 7) is 7.46. The molecule has 0 spiro atoms. The Kier molecular flexibility index (Phi) is 8.65. The SMILES string of the molecule is CC(C)C[C@H](NC(=O)CCC(=O)OCC(=O)[C@@]1(O)CC[C@H]2[C@@H]3CCC4=CC(=O)CC[C@]4(C)[C@H]3CC[C@@]21C)C(=O)O. The van der Waals surface area contributed by atoms with Crippen molar-refractivity contribution in [2.24, 2.45) is 34.5 Å². The molecule has 9 nitrogen and oxygen atoms in total. The molecule has 0 aliphatic heterocycles. The van der Waals surface area contributed by atoms with E-state index in [9.17, 15) is 34.2 Å². The Bertz CT molecular complexity index is 1100. The molecule has 0 bridgehead atoms. The minimum absolute atomic E-state index is 0.00393. The number of nitrogens with one attached hydrogen (secondary N) is 1. The van der Waals surface area contributed by atoms with E-state index >= 15 is 0 Å². The predicted molar refractivity (Wildman–Crippen MR) is 146 cm³/mol. The van der Waals surface area contributed by atoms with Gasteiger partial charge in [0.25, 0.3) is 0 Å². The topological polar surface area (TPSA) is 147 Å². The summed E-state index contributed by atoms with van der Waals surface area (Å²) < 4.78 is 5.19. The van der Waals surface area contributed by atoms with E-state index in [4.69, 9.17) is 4.74 Å². The van der Waals surface area contributed by atoms with Crippen LogP contribution in [0.25, 0.3) is 0 Å². The number of Topliss-reactive ketones (excluding diaryl/α,β-unsaturated/α-hetero) is 1. The van der Waals surface area contributed by atoms with Crippen LogP contribution in [-0.4, -0.2) is 57.9 Å². The van der Waals surface area contributed by atoms with Gasteiger partial charge in [-0.25, -0.2) is 4.79 Å². The summed E-state index contributed by atoms with van der Waals surface area (Å²) >= 11 is 0. The van der Waals surface area contributed by atoms with Crippen molar-refractivity contribution in [1.29, 1.82) is 0 Å². The normalized spacial score (nSPS) is 35.6. The number of allylic oxidation sites excluding steroid dienone is 1. The molecule has 0 aromatic rings. The zero-order chi connectivity index (χ0) is 29.5. The first kappa shape index (κ1) is 30.4. The van der Waals surface area contributed by atoms with Crippen LogP contribution < -0.4 is 5.32 Å². The smallest absolute Gasteiger partial charge is 0.326 e. The van der Waals surface area contributed by atoms with E-state index in [1.165, 1.54) is 5.57 Å². The lowest BCUT2D eigenvalue weighted by Gasteiger charge is -2.58. The number of ketones is 2. The summed E-state index contributed by atoms with van der Waals surface area (Å²) in [6, 6.07) is -1.03. The number of hydrogen-bond acceptors (Lipinski definition) is 7. The van der Waals surface area contributed by atoms with Gasteiger partial charge in [-0.2, -0.15) is 0 Å². The fourth-order valence-electron chi connectivity index (χ4n) is 8.55. The molecule has 40 heavy (non-hydrogen) atoms. The molecule has 0 radical (unpaired) electrons. The molecule has 4 aliphatic carbocycles. The molecule has 0 saturated heterocycles. The van der Waals surface area contributed by atoms with Crippen molar-refractivity contribution in [1.82, 2.24) is 5.32 Å². The van der Waals surface area contributed by atoms with Crippen molar-refractivity contribution in [2.75, 3.05) is 6.61 Å². The van der Waals surface area contributed by atoms with Gasteiger partial charge in [0.2, 0.25) is 11.7 Å². The largest absolute Gasteiger partial charge is 0.480 e. The molecule has 0 aromatic carbocycles. The van der Waals surface area contributed by atoms with Crippen molar-refractivity contribution in [3.05, 3.63) is 11.6 Å². The van der Waals surface area contributed by atoms with Gasteiger partial charge < -0.3 is 20.3 Å². The lowest BCUT2D eigenvalue weighted by molar-refractivity contribution is -0.170. The number of aliphatic hydroxyl groups is 1. The fraction of sp³-hybridized carbons (Fsp3) is 0.774. The molecule has 1 amide bonds. The van der Waals surface area contributed by atoms with Crippen LogP contribution in [0.3, 0.4) is 0 Å². The van der Waals surface area contributed by atoms with Crippen molar-refractivity contribution in [3.8, 4) is 0 Å². The quantitative estimate of drug-likeness (QED) is 0.343. The minimum atomic E-state index is -1.58. The van der Waals surface area contributed by atoms with Crippen LogP contribution in [0.15, 0.2) is 11.6 Å². The summed E-state index contributed by atoms with van der Waals surface area (Å²) in [4.78, 5) is 61.3. The summed E-state index contributed by atoms with van der Waals surface area (Å²) in [7, 11) is 0. The van der Waals surface area contributed by atoms with E-state index in [-0.39, 0.29) is 42.3 Å². The Morgan fingerprint density at radius 1 is 1.02 bits per heavy atom. The molecule has 3 saturated carbocycles. The first-order valence-electron chi connectivity index (χ1n) is 14.9. The van der Waals surface area contributed by atoms with Gasteiger partial charge in [-0.1, -0.05) is 33.3 Å². The number of carbonyl (C=O) groups is 5. The number of esters is 1. The molecule has 0 heterocycles. The van der Waals surface area contributed by atoms with Crippen LogP contribution >= 0.6 is 0 Å². The lowest BCUT2D eigenvalue weighted by Crippen LogP contribution is -2.58. The van der Waals surface area contributed by atoms with Crippen molar-refractivity contribution < 1.29 is 38.9 Å². The van der Waals surface area contributed by atoms with Gasteiger partial charge in [0, 0.05) is 18.3 Å². The fourth-order valence-corrected chi connectivity index (χ4v) is 8.55. The number of carbonyl (C=O) groups excluding carboxylic acids is 4. The Labute approximate surface area is 236 Å². The maximum atomic E-state index is 13.4. The second-order valence-corrected chi connectivity index (χ2v) is 13.5. The lowest BCUT2D eigenvalue weighted by atomic mass is 9.46. The van der Waals surface area contributed by atoms with Crippen LogP contribution in [0.5, 0.6) is 0 Å². The number of carboxylic acid groups (broad SMARTS) is 1. The number of aliphatic carboxylic acids is 1. The van der Waals surface area contributed by atoms with E-state index < -0.39 is 47.3 Å². The molecule has 4 rings (SSSR count). The van der Waals surface area contributed by atoms with Gasteiger partial charge in [-0.05, 0) is 86.5 Å². The van der Waals surface area contributed by atoms with E-state index in [0.717, 1.165) is 32.1 Å². The molecule has 7 atom stereocenters. The number of rotatable bonds is 10. The molecule has 0 unspecified atom stereocenters. The molecule has 3 fully saturated rings. The van der Waals surface area contributed by atoms with Gasteiger partial charge in [-0.15, -0.1) is 0 Å². The number of fused-ring (bicyclic) bond motifs is 5. The zero-order valence-electron chi connectivity index (χ0n) is 24.3. The Morgan fingerprint density at radius 2 is 1.73 bits per heavy atom. The molecule has 4 aliphatic rings. The average molecular weight is 560 g/mol. The summed E-state index contributed by atoms with van der Waals surface area (Å²) in [6.07, 6.45) is 7.57. The maximum Gasteiger partial charge on any atom is 0.326 e. The average Bonchev–Trinajstić information content (AvgIpc) is 3.17. The van der Waals surface area contributed by atoms with E-state index in [1.807, 2.05) is 26.8 Å². The van der Waals surface area contributed by atoms with Crippen molar-refractivity contribution >= 4 is 29.4 Å². The standard InChI is InChI=1S/C31H45NO8/c1-18(2)15-24(28(37)38)32-26(35)7-8-27(36)40-17-25(34)31(39)14-11-23-21-6-5-19-16-20(33)9-12-29(19,3)22(21)10-13-30(23,31)4/h16,18,21-24,39H,5-15,17H2,1-4H3,(H,32,35)(H,37,38)/t21-,22+,23+,24+,29+,30+,31+/m1/s1. The van der Waals surface area contributed by atoms with Gasteiger partial charge in [0.15, 0.2) is 12.4 Å². The van der Waals surface area contributed by atoms with Gasteiger partial charge in [0.1, 0.15) is 11.6 Å². The maximum absolute atomic E-state index is 13.4. The predicted octanol–water partition coefficient (Wildman–Crippen LogP) is 3.76. The number of hydrogen-bond donors (Lipinski definition) is 3. The van der Waals surface area contributed by atoms with Gasteiger partial charge in [-0.3, -0.25) is 19.2 Å². The molecular formula is C31H45NO8. The zero-order valence-corrected chi connectivity index (χ0v) is 24.3. The highest BCUT2D eigenvalue weighted by Crippen LogP contribution is 2.67. The van der Waals surface area contributed by atoms with Crippen LogP contribution in [0.1, 0.15) is 98.3 Å². The summed E-state index contributed by atoms with van der Waals surface area (Å²) in [5.74, 6) is -1.65. The van der Waals surface area contributed by atoms with E-state index in [0.29, 0.717) is 31.1 Å².